The van der Waals surface area contributed by atoms with Crippen LogP contribution >= 0.6 is 11.3 Å². The summed E-state index contributed by atoms with van der Waals surface area (Å²) >= 11 is 1.78. The highest BCUT2D eigenvalue weighted by Crippen LogP contribution is 2.23. The van der Waals surface area contributed by atoms with Crippen molar-refractivity contribution in [2.75, 3.05) is 0 Å². The Morgan fingerprint density at radius 3 is 2.17 bits per heavy atom. The Morgan fingerprint density at radius 1 is 0.833 bits per heavy atom. The number of thiophene rings is 1. The monoisotopic (exact) mass is 171 g/mol. The van der Waals surface area contributed by atoms with Gasteiger partial charge in [-0.05, 0) is 17.0 Å². The summed E-state index contributed by atoms with van der Waals surface area (Å²) in [5.41, 5.74) is 1.31. The summed E-state index contributed by atoms with van der Waals surface area (Å²) in [6, 6.07) is 14.6. The van der Waals surface area contributed by atoms with Crippen LogP contribution in [0.15, 0.2) is 47.8 Å². The Labute approximate surface area is 78.5 Å². The number of hydrogen-bond donors (Lipinski definition) is 0. The van der Waals surface area contributed by atoms with Gasteiger partial charge in [-0.25, -0.2) is 0 Å². The van der Waals surface area contributed by atoms with E-state index in [2.05, 4.69) is 41.8 Å². The van der Waals surface area contributed by atoms with Crippen LogP contribution < -0.4 is 0 Å². The van der Waals surface area contributed by atoms with E-state index in [0.717, 1.165) is 0 Å². The van der Waals surface area contributed by atoms with Crippen molar-refractivity contribution in [1.82, 2.24) is 0 Å². The third-order valence-electron chi connectivity index (χ3n) is 1.58. The Bertz CT molecular complexity index is 313. The molecule has 0 aliphatic heterocycles. The van der Waals surface area contributed by atoms with Crippen molar-refractivity contribution in [1.29, 1.82) is 0 Å². The van der Waals surface area contributed by atoms with E-state index in [4.69, 9.17) is 0 Å². The van der Waals surface area contributed by atoms with Crippen molar-refractivity contribution in [3.63, 3.8) is 0 Å². The van der Waals surface area contributed by atoms with Gasteiger partial charge in [-0.2, -0.15) is 0 Å². The normalized spacial score (nSPS) is 9.00. The summed E-state index contributed by atoms with van der Waals surface area (Å²) < 4.78 is 0. The van der Waals surface area contributed by atoms with Gasteiger partial charge in [0.2, 0.25) is 0 Å². The Morgan fingerprint density at radius 2 is 1.58 bits per heavy atom. The fourth-order valence-corrected chi connectivity index (χ4v) is 1.78. The largest absolute Gasteiger partial charge is 0.144 e. The Balaban J connectivity index is 0.000000720. The molecule has 2 aromatic rings. The molecule has 0 spiro atoms. The van der Waals surface area contributed by atoms with E-state index in [0.29, 0.717) is 0 Å². The molecule has 0 fully saturated rings. The molecule has 1 aromatic heterocycles. The minimum Gasteiger partial charge on any atom is -0.144 e. The average molecular weight is 171 g/mol. The third kappa shape index (κ3) is 1.77. The molecule has 0 aliphatic rings. The summed E-state index contributed by atoms with van der Waals surface area (Å²) in [6.45, 7) is 0. The maximum absolute atomic E-state index is 2.14. The van der Waals surface area contributed by atoms with Gasteiger partial charge in [0.1, 0.15) is 0 Å². The van der Waals surface area contributed by atoms with Gasteiger partial charge in [-0.3, -0.25) is 0 Å². The van der Waals surface area contributed by atoms with E-state index >= 15 is 0 Å². The molecule has 2 rings (SSSR count). The zero-order valence-electron chi connectivity index (χ0n) is 6.60. The van der Waals surface area contributed by atoms with Crippen LogP contribution in [0.2, 0.25) is 0 Å². The fraction of sp³-hybridized carbons (Fsp3) is 0. The number of rotatable bonds is 1. The maximum Gasteiger partial charge on any atom is 0.0342 e. The first-order valence-electron chi connectivity index (χ1n) is 3.56. The zero-order chi connectivity index (χ0) is 7.52. The molecule has 0 saturated heterocycles. The second-order valence-corrected chi connectivity index (χ2v) is 3.29. The summed E-state index contributed by atoms with van der Waals surface area (Å²) in [7, 11) is 0. The van der Waals surface area contributed by atoms with Gasteiger partial charge in [0.05, 0.1) is 0 Å². The van der Waals surface area contributed by atoms with Crippen molar-refractivity contribution in [3.8, 4) is 10.4 Å². The molecule has 0 atom stereocenters. The number of benzene rings is 1. The molecule has 0 unspecified atom stereocenters. The first-order chi connectivity index (χ1) is 5.47. The number of hydrogen-bond acceptors (Lipinski definition) is 1. The molecule has 3 radical (unpaired) electrons. The van der Waals surface area contributed by atoms with Crippen LogP contribution in [0.3, 0.4) is 0 Å². The van der Waals surface area contributed by atoms with Crippen molar-refractivity contribution in [2.24, 2.45) is 0 Å². The molecule has 0 nitrogen and oxygen atoms in total. The van der Waals surface area contributed by atoms with E-state index in [1.54, 1.807) is 11.3 Å². The van der Waals surface area contributed by atoms with Crippen molar-refractivity contribution in [3.05, 3.63) is 47.8 Å². The van der Waals surface area contributed by atoms with Crippen LogP contribution in [0.1, 0.15) is 0 Å². The van der Waals surface area contributed by atoms with E-state index in [1.165, 1.54) is 10.4 Å². The molecule has 0 amide bonds. The minimum atomic E-state index is 0. The van der Waals surface area contributed by atoms with Gasteiger partial charge in [0.25, 0.3) is 0 Å². The Hall–Kier alpha value is -1.02. The highest BCUT2D eigenvalue weighted by molar-refractivity contribution is 7.13. The van der Waals surface area contributed by atoms with Crippen LogP contribution in [0.25, 0.3) is 10.4 Å². The molecule has 2 heteroatoms. The van der Waals surface area contributed by atoms with Gasteiger partial charge in [-0.1, -0.05) is 36.4 Å². The highest BCUT2D eigenvalue weighted by atomic mass is 32.1. The first-order valence-corrected chi connectivity index (χ1v) is 4.44. The summed E-state index contributed by atoms with van der Waals surface area (Å²) in [4.78, 5) is 1.34. The van der Waals surface area contributed by atoms with Crippen molar-refractivity contribution < 1.29 is 0 Å². The van der Waals surface area contributed by atoms with Crippen molar-refractivity contribution in [2.45, 2.75) is 0 Å². The molecule has 0 aliphatic carbocycles. The predicted octanol–water partition coefficient (Wildman–Crippen LogP) is 3.03. The molecule has 0 bridgehead atoms. The van der Waals surface area contributed by atoms with E-state index in [-0.39, 0.29) is 8.41 Å². The highest BCUT2D eigenvalue weighted by Gasteiger charge is 1.93. The topological polar surface area (TPSA) is 0 Å². The predicted molar refractivity (Wildman–Crippen MR) is 55.5 cm³/mol. The van der Waals surface area contributed by atoms with Crippen LogP contribution in [0.5, 0.6) is 0 Å². The lowest BCUT2D eigenvalue weighted by Gasteiger charge is -1.93. The maximum atomic E-state index is 2.14. The van der Waals surface area contributed by atoms with Gasteiger partial charge in [0, 0.05) is 13.3 Å². The van der Waals surface area contributed by atoms with Crippen LogP contribution in [-0.2, 0) is 0 Å². The molecule has 1 aromatic carbocycles. The SMILES string of the molecule is [B].c1ccc(-c2cccs2)cc1. The van der Waals surface area contributed by atoms with E-state index < -0.39 is 0 Å². The first kappa shape index (κ1) is 9.08. The summed E-state index contributed by atoms with van der Waals surface area (Å²) in [5, 5.41) is 2.10. The lowest BCUT2D eigenvalue weighted by molar-refractivity contribution is 1.70. The quantitative estimate of drug-likeness (QED) is 0.578. The van der Waals surface area contributed by atoms with Gasteiger partial charge in [0.15, 0.2) is 0 Å². The van der Waals surface area contributed by atoms with Gasteiger partial charge in [-0.15, -0.1) is 11.3 Å². The van der Waals surface area contributed by atoms with Gasteiger partial charge >= 0.3 is 0 Å². The molecular weight excluding hydrogens is 163 g/mol. The minimum absolute atomic E-state index is 0. The lowest BCUT2D eigenvalue weighted by Crippen LogP contribution is -1.67. The lowest BCUT2D eigenvalue weighted by atomic mass is 10.2. The van der Waals surface area contributed by atoms with Gasteiger partial charge < -0.3 is 0 Å². The van der Waals surface area contributed by atoms with E-state index in [9.17, 15) is 0 Å². The van der Waals surface area contributed by atoms with Crippen LogP contribution in [0.4, 0.5) is 0 Å². The molecular formula is C10H8BS. The average Bonchev–Trinajstić information content (AvgIpc) is 2.58. The molecule has 0 saturated carbocycles. The van der Waals surface area contributed by atoms with E-state index in [1.807, 2.05) is 6.07 Å². The molecule has 57 valence electrons. The second-order valence-electron chi connectivity index (χ2n) is 2.34. The molecule has 0 N–H and O–H groups in total. The Kier molecular flexibility index (Phi) is 3.12. The smallest absolute Gasteiger partial charge is 0.0342 e. The summed E-state index contributed by atoms with van der Waals surface area (Å²) in [5.74, 6) is 0. The van der Waals surface area contributed by atoms with Crippen molar-refractivity contribution >= 4 is 19.7 Å². The zero-order valence-corrected chi connectivity index (χ0v) is 7.42. The van der Waals surface area contributed by atoms with Crippen LogP contribution in [-0.4, -0.2) is 8.41 Å². The third-order valence-corrected chi connectivity index (χ3v) is 2.50. The standard InChI is InChI=1S/C10H8S.B/c1-2-5-9(6-3-1)10-7-4-8-11-10;/h1-8H;. The summed E-state index contributed by atoms with van der Waals surface area (Å²) in [6.07, 6.45) is 0. The second kappa shape index (κ2) is 4.12. The molecule has 12 heavy (non-hydrogen) atoms. The fourth-order valence-electron chi connectivity index (χ4n) is 1.05. The van der Waals surface area contributed by atoms with Crippen LogP contribution in [0, 0.1) is 0 Å². The molecule has 1 heterocycles.